The van der Waals surface area contributed by atoms with E-state index in [2.05, 4.69) is 33.9 Å². The molecule has 0 spiro atoms. The standard InChI is InChI=1S/C18H32N4O2S2.HI/c1-5-19-18(21-14(2)8-11-26(4,23)24)20-12-15(3)22-9-6-17-16(13-22)7-10-25-17;/h7,10,14-15H,5-6,8-9,11-13H2,1-4H3,(H2,19,20,21);1H. The van der Waals surface area contributed by atoms with Crippen LogP contribution in [0.3, 0.4) is 0 Å². The van der Waals surface area contributed by atoms with Crippen molar-refractivity contribution in [3.63, 3.8) is 0 Å². The van der Waals surface area contributed by atoms with E-state index in [1.54, 1.807) is 0 Å². The molecule has 2 rings (SSSR count). The first-order valence-corrected chi connectivity index (χ1v) is 12.2. The molecule has 0 aliphatic carbocycles. The third-order valence-electron chi connectivity index (χ3n) is 4.62. The van der Waals surface area contributed by atoms with Gasteiger partial charge in [-0.1, -0.05) is 0 Å². The van der Waals surface area contributed by atoms with Crippen LogP contribution in [0.25, 0.3) is 0 Å². The Hall–Kier alpha value is -0.390. The number of nitrogens with zero attached hydrogens (tertiary/aromatic N) is 2. The van der Waals surface area contributed by atoms with Gasteiger partial charge < -0.3 is 10.6 Å². The first kappa shape index (κ1) is 24.6. The van der Waals surface area contributed by atoms with E-state index < -0.39 is 9.84 Å². The number of hydrogen-bond donors (Lipinski definition) is 2. The molecule has 0 amide bonds. The topological polar surface area (TPSA) is 73.8 Å². The lowest BCUT2D eigenvalue weighted by Gasteiger charge is -2.31. The Morgan fingerprint density at radius 2 is 2.15 bits per heavy atom. The van der Waals surface area contributed by atoms with Crippen molar-refractivity contribution in [1.82, 2.24) is 15.5 Å². The van der Waals surface area contributed by atoms with Crippen molar-refractivity contribution >= 4 is 51.1 Å². The van der Waals surface area contributed by atoms with E-state index >= 15 is 0 Å². The summed E-state index contributed by atoms with van der Waals surface area (Å²) in [6, 6.07) is 2.66. The van der Waals surface area contributed by atoms with E-state index in [-0.39, 0.29) is 35.8 Å². The highest BCUT2D eigenvalue weighted by Gasteiger charge is 2.21. The van der Waals surface area contributed by atoms with Gasteiger partial charge in [0.1, 0.15) is 9.84 Å². The summed E-state index contributed by atoms with van der Waals surface area (Å²) < 4.78 is 22.7. The molecule has 0 saturated carbocycles. The predicted molar refractivity (Wildman–Crippen MR) is 126 cm³/mol. The fourth-order valence-corrected chi connectivity index (χ4v) is 4.67. The molecule has 156 valence electrons. The van der Waals surface area contributed by atoms with Crippen LogP contribution < -0.4 is 10.6 Å². The van der Waals surface area contributed by atoms with Gasteiger partial charge in [0.05, 0.1) is 12.3 Å². The maximum atomic E-state index is 11.3. The molecule has 2 unspecified atom stereocenters. The summed E-state index contributed by atoms with van der Waals surface area (Å²) in [6.45, 7) is 9.82. The minimum Gasteiger partial charge on any atom is -0.357 e. The molecule has 0 radical (unpaired) electrons. The van der Waals surface area contributed by atoms with Gasteiger partial charge in [0.2, 0.25) is 0 Å². The van der Waals surface area contributed by atoms with Crippen LogP contribution in [0.1, 0.15) is 37.6 Å². The Morgan fingerprint density at radius 1 is 1.41 bits per heavy atom. The average Bonchev–Trinajstić information content (AvgIpc) is 3.04. The molecular formula is C18H33IN4O2S2. The van der Waals surface area contributed by atoms with Gasteiger partial charge in [-0.15, -0.1) is 35.3 Å². The van der Waals surface area contributed by atoms with Crippen molar-refractivity contribution in [2.45, 2.75) is 52.2 Å². The number of rotatable bonds is 8. The third kappa shape index (κ3) is 8.66. The number of hydrogen-bond acceptors (Lipinski definition) is 5. The quantitative estimate of drug-likeness (QED) is 0.308. The van der Waals surface area contributed by atoms with E-state index in [1.807, 2.05) is 25.2 Å². The summed E-state index contributed by atoms with van der Waals surface area (Å²) in [5.74, 6) is 0.946. The summed E-state index contributed by atoms with van der Waals surface area (Å²) in [6.07, 6.45) is 2.98. The van der Waals surface area contributed by atoms with Crippen LogP contribution >= 0.6 is 35.3 Å². The normalized spacial score (nSPS) is 17.6. The average molecular weight is 529 g/mol. The summed E-state index contributed by atoms with van der Waals surface area (Å²) >= 11 is 1.86. The zero-order valence-corrected chi connectivity index (χ0v) is 20.7. The maximum Gasteiger partial charge on any atom is 0.191 e. The van der Waals surface area contributed by atoms with Gasteiger partial charge in [0, 0.05) is 42.9 Å². The lowest BCUT2D eigenvalue weighted by atomic mass is 10.1. The largest absolute Gasteiger partial charge is 0.357 e. The van der Waals surface area contributed by atoms with Gasteiger partial charge in [-0.05, 0) is 50.6 Å². The molecule has 1 aliphatic rings. The molecule has 27 heavy (non-hydrogen) atoms. The minimum absolute atomic E-state index is 0. The third-order valence-corrected chi connectivity index (χ3v) is 6.62. The Labute approximate surface area is 185 Å². The molecule has 0 aromatic carbocycles. The van der Waals surface area contributed by atoms with E-state index in [4.69, 9.17) is 4.99 Å². The zero-order valence-electron chi connectivity index (χ0n) is 16.7. The van der Waals surface area contributed by atoms with Crippen LogP contribution in [-0.2, 0) is 22.8 Å². The monoisotopic (exact) mass is 528 g/mol. The Kier molecular flexibility index (Phi) is 10.6. The second-order valence-electron chi connectivity index (χ2n) is 7.12. The molecule has 1 aromatic heterocycles. The van der Waals surface area contributed by atoms with Crippen molar-refractivity contribution in [2.75, 3.05) is 31.6 Å². The number of aliphatic imine (C=N–C) groups is 1. The highest BCUT2D eigenvalue weighted by Crippen LogP contribution is 2.25. The fraction of sp³-hybridized carbons (Fsp3) is 0.722. The summed E-state index contributed by atoms with van der Waals surface area (Å²) in [5, 5.41) is 8.75. The highest BCUT2D eigenvalue weighted by molar-refractivity contribution is 14.0. The molecule has 0 saturated heterocycles. The second kappa shape index (κ2) is 11.6. The maximum absolute atomic E-state index is 11.3. The summed E-state index contributed by atoms with van der Waals surface area (Å²) in [5.41, 5.74) is 1.46. The van der Waals surface area contributed by atoms with Gasteiger partial charge >= 0.3 is 0 Å². The molecule has 2 heterocycles. The SMILES string of the molecule is CCNC(=NCC(C)N1CCc2sccc2C1)NC(C)CCS(C)(=O)=O.I. The van der Waals surface area contributed by atoms with Crippen molar-refractivity contribution < 1.29 is 8.42 Å². The summed E-state index contributed by atoms with van der Waals surface area (Å²) in [4.78, 5) is 8.72. The predicted octanol–water partition coefficient (Wildman–Crippen LogP) is 2.49. The number of thiophene rings is 1. The van der Waals surface area contributed by atoms with E-state index in [0.717, 1.165) is 32.0 Å². The van der Waals surface area contributed by atoms with Gasteiger partial charge in [-0.2, -0.15) is 0 Å². The van der Waals surface area contributed by atoms with Gasteiger partial charge in [-0.3, -0.25) is 9.89 Å². The smallest absolute Gasteiger partial charge is 0.191 e. The molecule has 1 aliphatic heterocycles. The highest BCUT2D eigenvalue weighted by atomic mass is 127. The van der Waals surface area contributed by atoms with Crippen LogP contribution in [0.15, 0.2) is 16.4 Å². The van der Waals surface area contributed by atoms with Crippen LogP contribution in [0.2, 0.25) is 0 Å². The van der Waals surface area contributed by atoms with Crippen LogP contribution in [0, 0.1) is 0 Å². The van der Waals surface area contributed by atoms with Crippen LogP contribution in [0.5, 0.6) is 0 Å². The molecule has 2 N–H and O–H groups in total. The molecule has 0 fully saturated rings. The Balaban J connectivity index is 0.00000364. The van der Waals surface area contributed by atoms with Crippen molar-refractivity contribution in [2.24, 2.45) is 4.99 Å². The minimum atomic E-state index is -2.93. The van der Waals surface area contributed by atoms with Crippen molar-refractivity contribution in [3.8, 4) is 0 Å². The first-order chi connectivity index (χ1) is 12.3. The first-order valence-electron chi connectivity index (χ1n) is 9.30. The molecule has 2 atom stereocenters. The van der Waals surface area contributed by atoms with Gasteiger partial charge in [0.25, 0.3) is 0 Å². The Morgan fingerprint density at radius 3 is 2.81 bits per heavy atom. The Bertz CT molecular complexity index is 706. The number of fused-ring (bicyclic) bond motifs is 1. The number of sulfone groups is 1. The van der Waals surface area contributed by atoms with E-state index in [0.29, 0.717) is 19.0 Å². The second-order valence-corrected chi connectivity index (χ2v) is 10.4. The van der Waals surface area contributed by atoms with E-state index in [9.17, 15) is 8.42 Å². The lowest BCUT2D eigenvalue weighted by molar-refractivity contribution is 0.197. The number of guanidine groups is 1. The number of halogens is 1. The summed E-state index contributed by atoms with van der Waals surface area (Å²) in [7, 11) is -2.93. The van der Waals surface area contributed by atoms with Crippen molar-refractivity contribution in [1.29, 1.82) is 0 Å². The molecule has 6 nitrogen and oxygen atoms in total. The molecule has 0 bridgehead atoms. The van der Waals surface area contributed by atoms with E-state index in [1.165, 1.54) is 16.7 Å². The van der Waals surface area contributed by atoms with Gasteiger partial charge in [0.15, 0.2) is 5.96 Å². The molecular weight excluding hydrogens is 495 g/mol. The number of nitrogens with one attached hydrogen (secondary N) is 2. The van der Waals surface area contributed by atoms with Crippen molar-refractivity contribution in [3.05, 3.63) is 21.9 Å². The molecule has 9 heteroatoms. The van der Waals surface area contributed by atoms with Crippen LogP contribution in [0.4, 0.5) is 0 Å². The molecule has 1 aromatic rings. The fourth-order valence-electron chi connectivity index (χ4n) is 3.00. The van der Waals surface area contributed by atoms with Crippen LogP contribution in [-0.4, -0.2) is 63.0 Å². The van der Waals surface area contributed by atoms with Gasteiger partial charge in [-0.25, -0.2) is 8.42 Å². The lowest BCUT2D eigenvalue weighted by Crippen LogP contribution is -2.44. The zero-order chi connectivity index (χ0) is 19.2.